The molecular formula is C16H25N3O2. The summed E-state index contributed by atoms with van der Waals surface area (Å²) in [5, 5.41) is 10.3. The molecule has 0 aliphatic heterocycles. The summed E-state index contributed by atoms with van der Waals surface area (Å²) in [6.07, 6.45) is 7.40. The van der Waals surface area contributed by atoms with E-state index in [1.807, 2.05) is 24.3 Å². The SMILES string of the molecule is CCCCCCCCOC(C)=O.c1ccc2n[nH]nc2c1. The van der Waals surface area contributed by atoms with Crippen LogP contribution in [0.2, 0.25) is 0 Å². The van der Waals surface area contributed by atoms with Gasteiger partial charge in [-0.25, -0.2) is 0 Å². The molecule has 2 aromatic rings. The highest BCUT2D eigenvalue weighted by molar-refractivity contribution is 5.72. The number of rotatable bonds is 7. The molecule has 116 valence electrons. The van der Waals surface area contributed by atoms with Crippen molar-refractivity contribution in [2.75, 3.05) is 6.61 Å². The van der Waals surface area contributed by atoms with Crippen molar-refractivity contribution in [3.8, 4) is 0 Å². The van der Waals surface area contributed by atoms with E-state index in [0.29, 0.717) is 6.61 Å². The fraction of sp³-hybridized carbons (Fsp3) is 0.562. The molecule has 0 bridgehead atoms. The van der Waals surface area contributed by atoms with Crippen LogP contribution in [-0.2, 0) is 9.53 Å². The van der Waals surface area contributed by atoms with Gasteiger partial charge in [0.2, 0.25) is 0 Å². The number of esters is 1. The number of benzene rings is 1. The number of carbonyl (C=O) groups excluding carboxylic acids is 1. The number of ether oxygens (including phenoxy) is 1. The van der Waals surface area contributed by atoms with Crippen LogP contribution in [0.1, 0.15) is 52.4 Å². The van der Waals surface area contributed by atoms with Crippen molar-refractivity contribution >= 4 is 17.0 Å². The third kappa shape index (κ3) is 8.07. The Hall–Kier alpha value is -1.91. The Balaban J connectivity index is 0.000000216. The average Bonchev–Trinajstić information content (AvgIpc) is 2.95. The van der Waals surface area contributed by atoms with Crippen LogP contribution in [0, 0.1) is 0 Å². The minimum absolute atomic E-state index is 0.163. The Morgan fingerprint density at radius 3 is 2.19 bits per heavy atom. The predicted molar refractivity (Wildman–Crippen MR) is 83.9 cm³/mol. The van der Waals surface area contributed by atoms with Gasteiger partial charge in [0.1, 0.15) is 11.0 Å². The molecule has 1 aromatic carbocycles. The lowest BCUT2D eigenvalue weighted by atomic mass is 10.1. The van der Waals surface area contributed by atoms with Crippen molar-refractivity contribution in [1.82, 2.24) is 15.4 Å². The van der Waals surface area contributed by atoms with Crippen molar-refractivity contribution in [1.29, 1.82) is 0 Å². The molecule has 5 nitrogen and oxygen atoms in total. The van der Waals surface area contributed by atoms with Gasteiger partial charge >= 0.3 is 5.97 Å². The zero-order valence-corrected chi connectivity index (χ0v) is 13.0. The van der Waals surface area contributed by atoms with Crippen LogP contribution >= 0.6 is 0 Å². The highest BCUT2D eigenvalue weighted by Gasteiger charge is 1.93. The lowest BCUT2D eigenvalue weighted by Gasteiger charge is -2.01. The van der Waals surface area contributed by atoms with Crippen LogP contribution in [0.3, 0.4) is 0 Å². The van der Waals surface area contributed by atoms with Crippen molar-refractivity contribution in [2.45, 2.75) is 52.4 Å². The smallest absolute Gasteiger partial charge is 0.302 e. The van der Waals surface area contributed by atoms with Gasteiger partial charge in [-0.15, -0.1) is 0 Å². The molecule has 0 aliphatic carbocycles. The molecule has 1 N–H and O–H groups in total. The number of nitrogens with zero attached hydrogens (tertiary/aromatic N) is 2. The lowest BCUT2D eigenvalue weighted by Crippen LogP contribution is -1.99. The van der Waals surface area contributed by atoms with Gasteiger partial charge in [0.05, 0.1) is 6.61 Å². The molecule has 0 unspecified atom stereocenters. The van der Waals surface area contributed by atoms with E-state index in [0.717, 1.165) is 17.5 Å². The fourth-order valence-electron chi connectivity index (χ4n) is 1.88. The van der Waals surface area contributed by atoms with Crippen LogP contribution in [-0.4, -0.2) is 28.0 Å². The maximum absolute atomic E-state index is 10.4. The molecule has 0 saturated heterocycles. The molecule has 1 aromatic heterocycles. The third-order valence-corrected chi connectivity index (χ3v) is 3.03. The van der Waals surface area contributed by atoms with E-state index in [2.05, 4.69) is 22.3 Å². The van der Waals surface area contributed by atoms with Crippen molar-refractivity contribution in [3.63, 3.8) is 0 Å². The zero-order chi connectivity index (χ0) is 15.3. The number of carbonyl (C=O) groups is 1. The van der Waals surface area contributed by atoms with Crippen molar-refractivity contribution < 1.29 is 9.53 Å². The van der Waals surface area contributed by atoms with Gasteiger partial charge in [-0.1, -0.05) is 51.2 Å². The molecule has 1 heterocycles. The van der Waals surface area contributed by atoms with Crippen LogP contribution in [0.15, 0.2) is 24.3 Å². The Morgan fingerprint density at radius 1 is 1.05 bits per heavy atom. The fourth-order valence-corrected chi connectivity index (χ4v) is 1.88. The first-order chi connectivity index (χ1) is 10.2. The zero-order valence-electron chi connectivity index (χ0n) is 13.0. The van der Waals surface area contributed by atoms with E-state index in [-0.39, 0.29) is 5.97 Å². The molecule has 5 heteroatoms. The van der Waals surface area contributed by atoms with Gasteiger partial charge in [0, 0.05) is 6.92 Å². The molecule has 0 amide bonds. The van der Waals surface area contributed by atoms with Crippen LogP contribution in [0.4, 0.5) is 0 Å². The molecular weight excluding hydrogens is 266 g/mol. The summed E-state index contributed by atoms with van der Waals surface area (Å²) < 4.78 is 4.81. The van der Waals surface area contributed by atoms with Crippen molar-refractivity contribution in [2.24, 2.45) is 0 Å². The number of fused-ring (bicyclic) bond motifs is 1. The number of para-hydroxylation sites is 2. The molecule has 0 radical (unpaired) electrons. The average molecular weight is 291 g/mol. The predicted octanol–water partition coefficient (Wildman–Crippen LogP) is 3.87. The summed E-state index contributed by atoms with van der Waals surface area (Å²) in [5.74, 6) is -0.163. The van der Waals surface area contributed by atoms with Crippen LogP contribution in [0.5, 0.6) is 0 Å². The minimum Gasteiger partial charge on any atom is -0.466 e. The number of H-pyrrole nitrogens is 1. The summed E-state index contributed by atoms with van der Waals surface area (Å²) in [5.41, 5.74) is 1.83. The van der Waals surface area contributed by atoms with E-state index in [9.17, 15) is 4.79 Å². The monoisotopic (exact) mass is 291 g/mol. The van der Waals surface area contributed by atoms with Gasteiger partial charge in [0.25, 0.3) is 0 Å². The molecule has 0 fully saturated rings. The molecule has 0 spiro atoms. The normalized spacial score (nSPS) is 10.0. The van der Waals surface area contributed by atoms with Gasteiger partial charge in [-0.3, -0.25) is 4.79 Å². The van der Waals surface area contributed by atoms with Gasteiger partial charge < -0.3 is 4.74 Å². The second-order valence-electron chi connectivity index (χ2n) is 4.92. The second-order valence-corrected chi connectivity index (χ2v) is 4.92. The van der Waals surface area contributed by atoms with E-state index in [4.69, 9.17) is 4.74 Å². The van der Waals surface area contributed by atoms with Gasteiger partial charge in [-0.2, -0.15) is 15.4 Å². The Bertz CT molecular complexity index is 481. The number of hydrogen-bond donors (Lipinski definition) is 1. The van der Waals surface area contributed by atoms with Crippen LogP contribution in [0.25, 0.3) is 11.0 Å². The first-order valence-electron chi connectivity index (χ1n) is 7.63. The number of nitrogens with one attached hydrogen (secondary N) is 1. The topological polar surface area (TPSA) is 67.9 Å². The summed E-state index contributed by atoms with van der Waals surface area (Å²) in [4.78, 5) is 10.4. The molecule has 0 aliphatic rings. The molecule has 0 saturated carbocycles. The van der Waals surface area contributed by atoms with Crippen LogP contribution < -0.4 is 0 Å². The largest absolute Gasteiger partial charge is 0.466 e. The number of aromatic nitrogens is 3. The Labute approximate surface area is 126 Å². The molecule has 2 rings (SSSR count). The second kappa shape index (κ2) is 10.8. The minimum atomic E-state index is -0.163. The highest BCUT2D eigenvalue weighted by atomic mass is 16.5. The first-order valence-corrected chi connectivity index (χ1v) is 7.63. The first kappa shape index (κ1) is 17.1. The van der Waals surface area contributed by atoms with E-state index >= 15 is 0 Å². The molecule has 0 atom stereocenters. The third-order valence-electron chi connectivity index (χ3n) is 3.03. The molecule has 21 heavy (non-hydrogen) atoms. The standard InChI is InChI=1S/C10H20O2.C6H5N3/c1-3-4-5-6-7-8-9-12-10(2)11;1-2-4-6-5(3-1)7-9-8-6/h3-9H2,1-2H3;1-4H,(H,7,8,9). The van der Waals surface area contributed by atoms with E-state index in [1.54, 1.807) is 0 Å². The number of aromatic amines is 1. The summed E-state index contributed by atoms with van der Waals surface area (Å²) in [6, 6.07) is 7.70. The van der Waals surface area contributed by atoms with Gasteiger partial charge in [-0.05, 0) is 18.6 Å². The quantitative estimate of drug-likeness (QED) is 0.621. The highest BCUT2D eigenvalue weighted by Crippen LogP contribution is 2.05. The number of unbranched alkanes of at least 4 members (excludes halogenated alkanes) is 5. The van der Waals surface area contributed by atoms with Gasteiger partial charge in [0.15, 0.2) is 0 Å². The summed E-state index contributed by atoms with van der Waals surface area (Å²) in [7, 11) is 0. The maximum atomic E-state index is 10.4. The van der Waals surface area contributed by atoms with E-state index < -0.39 is 0 Å². The summed E-state index contributed by atoms with van der Waals surface area (Å²) in [6.45, 7) is 4.26. The Morgan fingerprint density at radius 2 is 1.62 bits per heavy atom. The number of hydrogen-bond acceptors (Lipinski definition) is 4. The summed E-state index contributed by atoms with van der Waals surface area (Å²) >= 11 is 0. The maximum Gasteiger partial charge on any atom is 0.302 e. The van der Waals surface area contributed by atoms with Crippen molar-refractivity contribution in [3.05, 3.63) is 24.3 Å². The Kier molecular flexibility index (Phi) is 8.84. The lowest BCUT2D eigenvalue weighted by molar-refractivity contribution is -0.141. The van der Waals surface area contributed by atoms with E-state index in [1.165, 1.54) is 39.0 Å².